The van der Waals surface area contributed by atoms with Gasteiger partial charge in [0, 0.05) is 31.1 Å². The van der Waals surface area contributed by atoms with Crippen molar-refractivity contribution in [3.8, 4) is 6.07 Å². The van der Waals surface area contributed by atoms with Gasteiger partial charge in [0.1, 0.15) is 5.58 Å². The number of hydrogen-bond acceptors (Lipinski definition) is 4. The average Bonchev–Trinajstić information content (AvgIpc) is 2.89. The molecular formula is C18H22N2O3. The lowest BCUT2D eigenvalue weighted by Gasteiger charge is -2.20. The summed E-state index contributed by atoms with van der Waals surface area (Å²) in [4.78, 5) is 14.5. The van der Waals surface area contributed by atoms with E-state index in [9.17, 15) is 4.79 Å². The molecule has 1 aromatic carbocycles. The molecule has 23 heavy (non-hydrogen) atoms. The maximum Gasteiger partial charge on any atom is 0.289 e. The van der Waals surface area contributed by atoms with Crippen LogP contribution in [0.25, 0.3) is 11.0 Å². The van der Waals surface area contributed by atoms with E-state index in [0.29, 0.717) is 25.5 Å². The monoisotopic (exact) mass is 314 g/mol. The molecule has 1 aromatic heterocycles. The van der Waals surface area contributed by atoms with Crippen LogP contribution in [-0.2, 0) is 4.74 Å². The zero-order chi connectivity index (χ0) is 17.0. The SMILES string of the molecule is COCCN(CCC#N)C(=O)c1oc2c(C)ccc(C)c2c1C. The van der Waals surface area contributed by atoms with Gasteiger partial charge in [-0.05, 0) is 31.9 Å². The predicted molar refractivity (Wildman–Crippen MR) is 88.4 cm³/mol. The molecule has 2 aromatic rings. The molecule has 1 heterocycles. The molecular weight excluding hydrogens is 292 g/mol. The molecule has 0 unspecified atom stereocenters. The van der Waals surface area contributed by atoms with Crippen LogP contribution in [0.15, 0.2) is 16.5 Å². The number of aryl methyl sites for hydroxylation is 3. The molecule has 0 N–H and O–H groups in total. The first-order chi connectivity index (χ1) is 11.0. The highest BCUT2D eigenvalue weighted by Gasteiger charge is 2.24. The molecule has 0 bridgehead atoms. The van der Waals surface area contributed by atoms with Gasteiger partial charge < -0.3 is 14.1 Å². The molecule has 0 aliphatic rings. The number of rotatable bonds is 6. The van der Waals surface area contributed by atoms with Crippen LogP contribution in [0.5, 0.6) is 0 Å². The molecule has 0 saturated carbocycles. The van der Waals surface area contributed by atoms with E-state index in [1.807, 2.05) is 32.9 Å². The molecule has 5 nitrogen and oxygen atoms in total. The lowest BCUT2D eigenvalue weighted by atomic mass is 10.0. The predicted octanol–water partition coefficient (Wildman–Crippen LogP) is 3.36. The van der Waals surface area contributed by atoms with E-state index in [0.717, 1.165) is 27.7 Å². The van der Waals surface area contributed by atoms with Crippen molar-refractivity contribution >= 4 is 16.9 Å². The summed E-state index contributed by atoms with van der Waals surface area (Å²) >= 11 is 0. The van der Waals surface area contributed by atoms with Gasteiger partial charge in [-0.25, -0.2) is 0 Å². The van der Waals surface area contributed by atoms with Crippen molar-refractivity contribution < 1.29 is 13.9 Å². The van der Waals surface area contributed by atoms with Crippen LogP contribution in [0.1, 0.15) is 33.7 Å². The first-order valence-electron chi connectivity index (χ1n) is 7.65. The van der Waals surface area contributed by atoms with Crippen LogP contribution in [-0.4, -0.2) is 37.6 Å². The normalized spacial score (nSPS) is 10.7. The Labute approximate surface area is 136 Å². The fourth-order valence-electron chi connectivity index (χ4n) is 2.72. The van der Waals surface area contributed by atoms with Crippen LogP contribution in [0, 0.1) is 32.1 Å². The largest absolute Gasteiger partial charge is 0.450 e. The van der Waals surface area contributed by atoms with E-state index in [2.05, 4.69) is 6.07 Å². The van der Waals surface area contributed by atoms with Gasteiger partial charge in [-0.3, -0.25) is 4.79 Å². The molecule has 0 aliphatic heterocycles. The van der Waals surface area contributed by atoms with Gasteiger partial charge in [0.05, 0.1) is 19.1 Å². The Balaban J connectivity index is 2.42. The molecule has 2 rings (SSSR count). The molecule has 0 saturated heterocycles. The summed E-state index contributed by atoms with van der Waals surface area (Å²) in [6.07, 6.45) is 0.285. The minimum atomic E-state index is -0.190. The van der Waals surface area contributed by atoms with Crippen LogP contribution >= 0.6 is 0 Å². The Kier molecular flexibility index (Phi) is 5.41. The van der Waals surface area contributed by atoms with E-state index in [4.69, 9.17) is 14.4 Å². The Morgan fingerprint density at radius 3 is 2.57 bits per heavy atom. The van der Waals surface area contributed by atoms with Gasteiger partial charge in [-0.2, -0.15) is 5.26 Å². The first-order valence-corrected chi connectivity index (χ1v) is 7.65. The summed E-state index contributed by atoms with van der Waals surface area (Å²) in [5.74, 6) is 0.163. The number of carbonyl (C=O) groups is 1. The maximum atomic E-state index is 12.8. The number of amides is 1. The summed E-state index contributed by atoms with van der Waals surface area (Å²) in [7, 11) is 1.59. The van der Waals surface area contributed by atoms with Crippen molar-refractivity contribution in [1.29, 1.82) is 5.26 Å². The fraction of sp³-hybridized carbons (Fsp3) is 0.444. The zero-order valence-electron chi connectivity index (χ0n) is 14.1. The number of ether oxygens (including phenoxy) is 1. The number of benzene rings is 1. The lowest BCUT2D eigenvalue weighted by Crippen LogP contribution is -2.34. The Bertz CT molecular complexity index is 756. The third-order valence-corrected chi connectivity index (χ3v) is 4.02. The highest BCUT2D eigenvalue weighted by atomic mass is 16.5. The number of methoxy groups -OCH3 is 1. The van der Waals surface area contributed by atoms with Gasteiger partial charge in [0.15, 0.2) is 5.76 Å². The van der Waals surface area contributed by atoms with Crippen molar-refractivity contribution in [3.63, 3.8) is 0 Å². The van der Waals surface area contributed by atoms with Crippen molar-refractivity contribution in [1.82, 2.24) is 4.90 Å². The Morgan fingerprint density at radius 1 is 1.26 bits per heavy atom. The smallest absolute Gasteiger partial charge is 0.289 e. The van der Waals surface area contributed by atoms with E-state index in [-0.39, 0.29) is 12.3 Å². The van der Waals surface area contributed by atoms with Crippen molar-refractivity contribution in [3.05, 3.63) is 34.6 Å². The minimum absolute atomic E-state index is 0.190. The van der Waals surface area contributed by atoms with Crippen LogP contribution < -0.4 is 0 Å². The highest BCUT2D eigenvalue weighted by molar-refractivity contribution is 6.00. The first kappa shape index (κ1) is 17.0. The van der Waals surface area contributed by atoms with E-state index >= 15 is 0 Å². The molecule has 0 fully saturated rings. The summed E-state index contributed by atoms with van der Waals surface area (Å²) < 4.78 is 11.0. The zero-order valence-corrected chi connectivity index (χ0v) is 14.1. The van der Waals surface area contributed by atoms with Crippen molar-refractivity contribution in [2.75, 3.05) is 26.8 Å². The Hall–Kier alpha value is -2.32. The van der Waals surface area contributed by atoms with E-state index in [1.165, 1.54) is 0 Å². The molecule has 5 heteroatoms. The van der Waals surface area contributed by atoms with E-state index < -0.39 is 0 Å². The van der Waals surface area contributed by atoms with Crippen LogP contribution in [0.3, 0.4) is 0 Å². The minimum Gasteiger partial charge on any atom is -0.450 e. The van der Waals surface area contributed by atoms with Gasteiger partial charge in [0.25, 0.3) is 5.91 Å². The molecule has 122 valence electrons. The van der Waals surface area contributed by atoms with Crippen LogP contribution in [0.4, 0.5) is 0 Å². The summed E-state index contributed by atoms with van der Waals surface area (Å²) in [6, 6.07) is 6.10. The van der Waals surface area contributed by atoms with E-state index in [1.54, 1.807) is 12.0 Å². The quantitative estimate of drug-likeness (QED) is 0.820. The lowest BCUT2D eigenvalue weighted by molar-refractivity contribution is 0.0670. The number of furan rings is 1. The molecule has 0 spiro atoms. The number of nitriles is 1. The number of hydrogen-bond donors (Lipinski definition) is 0. The standard InChI is InChI=1S/C18H22N2O3/c1-12-6-7-13(2)16-15(12)14(3)17(23-16)18(21)20(9-5-8-19)10-11-22-4/h6-7H,5,9-11H2,1-4H3. The molecule has 0 aliphatic carbocycles. The van der Waals surface area contributed by atoms with Crippen LogP contribution in [0.2, 0.25) is 0 Å². The molecule has 1 amide bonds. The van der Waals surface area contributed by atoms with Gasteiger partial charge in [-0.1, -0.05) is 12.1 Å². The second-order valence-corrected chi connectivity index (χ2v) is 5.65. The fourth-order valence-corrected chi connectivity index (χ4v) is 2.72. The summed E-state index contributed by atoms with van der Waals surface area (Å²) in [6.45, 7) is 7.12. The second-order valence-electron chi connectivity index (χ2n) is 5.65. The summed E-state index contributed by atoms with van der Waals surface area (Å²) in [5, 5.41) is 9.79. The Morgan fingerprint density at radius 2 is 1.96 bits per heavy atom. The van der Waals surface area contributed by atoms with Crippen molar-refractivity contribution in [2.24, 2.45) is 0 Å². The number of nitrogens with zero attached hydrogens (tertiary/aromatic N) is 2. The van der Waals surface area contributed by atoms with Gasteiger partial charge in [0.2, 0.25) is 0 Å². The molecule has 0 radical (unpaired) electrons. The number of fused-ring (bicyclic) bond motifs is 1. The second kappa shape index (κ2) is 7.30. The number of carbonyl (C=O) groups excluding carboxylic acids is 1. The third-order valence-electron chi connectivity index (χ3n) is 4.02. The molecule has 0 atom stereocenters. The third kappa shape index (κ3) is 3.38. The van der Waals surface area contributed by atoms with Crippen molar-refractivity contribution in [2.45, 2.75) is 27.2 Å². The average molecular weight is 314 g/mol. The van der Waals surface area contributed by atoms with Gasteiger partial charge in [-0.15, -0.1) is 0 Å². The highest BCUT2D eigenvalue weighted by Crippen LogP contribution is 2.31. The van der Waals surface area contributed by atoms with Gasteiger partial charge >= 0.3 is 0 Å². The topological polar surface area (TPSA) is 66.5 Å². The summed E-state index contributed by atoms with van der Waals surface area (Å²) in [5.41, 5.74) is 3.71. The maximum absolute atomic E-state index is 12.8.